The predicted molar refractivity (Wildman–Crippen MR) is 98.7 cm³/mol. The Morgan fingerprint density at radius 3 is 2.76 bits per heavy atom. The number of thiazole rings is 1. The van der Waals surface area contributed by atoms with Crippen LogP contribution in [0.5, 0.6) is 5.75 Å². The van der Waals surface area contributed by atoms with Gasteiger partial charge in [0.2, 0.25) is 0 Å². The first-order chi connectivity index (χ1) is 12.0. The van der Waals surface area contributed by atoms with Gasteiger partial charge >= 0.3 is 0 Å². The van der Waals surface area contributed by atoms with E-state index in [0.717, 1.165) is 18.0 Å². The molecule has 130 valence electrons. The summed E-state index contributed by atoms with van der Waals surface area (Å²) in [5, 5.41) is 2.40. The van der Waals surface area contributed by atoms with Gasteiger partial charge in [0, 0.05) is 22.0 Å². The summed E-state index contributed by atoms with van der Waals surface area (Å²) in [4.78, 5) is 4.33. The average molecular weight is 419 g/mol. The lowest BCUT2D eigenvalue weighted by Crippen LogP contribution is -2.00. The lowest BCUT2D eigenvalue weighted by Gasteiger charge is -2.11. The molecule has 0 fully saturated rings. The fourth-order valence-corrected chi connectivity index (χ4v) is 3.57. The Bertz CT molecular complexity index is 879. The minimum Gasteiger partial charge on any atom is -0.487 e. The molecule has 0 saturated heterocycles. The van der Waals surface area contributed by atoms with Crippen molar-refractivity contribution in [2.24, 2.45) is 0 Å². The second-order valence-corrected chi connectivity index (χ2v) is 7.23. The Morgan fingerprint density at radius 2 is 2.00 bits per heavy atom. The normalized spacial score (nSPS) is 10.7. The van der Waals surface area contributed by atoms with Gasteiger partial charge in [-0.3, -0.25) is 0 Å². The molecule has 25 heavy (non-hydrogen) atoms. The van der Waals surface area contributed by atoms with Crippen LogP contribution in [0.3, 0.4) is 0 Å². The molecule has 0 radical (unpaired) electrons. The molecule has 2 aromatic carbocycles. The van der Waals surface area contributed by atoms with E-state index in [2.05, 4.69) is 9.71 Å². The highest BCUT2D eigenvalue weighted by Gasteiger charge is 2.12. The maximum atomic E-state index is 14.2. The number of anilines is 1. The van der Waals surface area contributed by atoms with Crippen molar-refractivity contribution in [2.75, 3.05) is 4.72 Å². The summed E-state index contributed by atoms with van der Waals surface area (Å²) in [5.74, 6) is -0.224. The third-order valence-electron chi connectivity index (χ3n) is 3.08. The lowest BCUT2D eigenvalue weighted by atomic mass is 10.2. The van der Waals surface area contributed by atoms with Crippen LogP contribution in [0.25, 0.3) is 0 Å². The number of benzene rings is 2. The van der Waals surface area contributed by atoms with Crippen molar-refractivity contribution in [2.45, 2.75) is 11.5 Å². The molecule has 0 atom stereocenters. The molecule has 3 aromatic rings. The molecule has 0 amide bonds. The molecule has 3 nitrogen and oxygen atoms in total. The zero-order valence-electron chi connectivity index (χ0n) is 12.4. The number of nitrogens with zero attached hydrogens (tertiary/aromatic N) is 1. The smallest absolute Gasteiger partial charge is 0.147 e. The minimum atomic E-state index is -0.515. The zero-order chi connectivity index (χ0) is 17.8. The molecule has 1 aromatic heterocycles. The third kappa shape index (κ3) is 4.76. The summed E-state index contributed by atoms with van der Waals surface area (Å²) in [6.45, 7) is -0.116. The highest BCUT2D eigenvalue weighted by Crippen LogP contribution is 2.33. The highest BCUT2D eigenvalue weighted by atomic mass is 35.5. The fraction of sp³-hybridized carbons (Fsp3) is 0.0625. The molecule has 1 N–H and O–H groups in total. The maximum Gasteiger partial charge on any atom is 0.147 e. The Morgan fingerprint density at radius 1 is 1.16 bits per heavy atom. The first-order valence-corrected chi connectivity index (χ1v) is 9.41. The van der Waals surface area contributed by atoms with E-state index in [9.17, 15) is 8.78 Å². The molecule has 9 heteroatoms. The third-order valence-corrected chi connectivity index (χ3v) is 5.04. The molecular formula is C16H10Cl2F2N2OS2. The van der Waals surface area contributed by atoms with Crippen LogP contribution in [0.1, 0.15) is 5.56 Å². The Hall–Kier alpha value is -1.54. The van der Waals surface area contributed by atoms with E-state index in [-0.39, 0.29) is 22.9 Å². The van der Waals surface area contributed by atoms with Crippen LogP contribution in [0.4, 0.5) is 14.6 Å². The van der Waals surface area contributed by atoms with E-state index in [4.69, 9.17) is 27.9 Å². The maximum absolute atomic E-state index is 14.2. The van der Waals surface area contributed by atoms with Crippen LogP contribution < -0.4 is 9.46 Å². The fourth-order valence-electron chi connectivity index (χ4n) is 1.88. The predicted octanol–water partition coefficient (Wildman–Crippen LogP) is 6.43. The summed E-state index contributed by atoms with van der Waals surface area (Å²) >= 11 is 14.4. The molecule has 0 bridgehead atoms. The van der Waals surface area contributed by atoms with E-state index in [1.165, 1.54) is 35.6 Å². The van der Waals surface area contributed by atoms with Gasteiger partial charge < -0.3 is 9.46 Å². The van der Waals surface area contributed by atoms with Gasteiger partial charge in [0.15, 0.2) is 0 Å². The Labute approximate surface area is 161 Å². The van der Waals surface area contributed by atoms with Gasteiger partial charge in [0.05, 0.1) is 15.4 Å². The summed E-state index contributed by atoms with van der Waals surface area (Å²) in [6.07, 6.45) is 0. The van der Waals surface area contributed by atoms with Crippen molar-refractivity contribution in [1.29, 1.82) is 0 Å². The summed E-state index contributed by atoms with van der Waals surface area (Å²) in [7, 11) is 0. The largest absolute Gasteiger partial charge is 0.487 e. The molecular weight excluding hydrogens is 409 g/mol. The summed E-state index contributed by atoms with van der Waals surface area (Å²) in [6, 6.07) is 6.73. The van der Waals surface area contributed by atoms with Crippen molar-refractivity contribution in [1.82, 2.24) is 4.98 Å². The van der Waals surface area contributed by atoms with Gasteiger partial charge in [-0.25, -0.2) is 13.8 Å². The molecule has 0 aliphatic heterocycles. The van der Waals surface area contributed by atoms with E-state index in [0.29, 0.717) is 15.7 Å². The van der Waals surface area contributed by atoms with Crippen LogP contribution in [0.15, 0.2) is 46.1 Å². The van der Waals surface area contributed by atoms with Gasteiger partial charge in [-0.15, -0.1) is 11.3 Å². The van der Waals surface area contributed by atoms with Crippen LogP contribution in [0.2, 0.25) is 10.0 Å². The van der Waals surface area contributed by atoms with Crippen molar-refractivity contribution >= 4 is 52.3 Å². The Kier molecular flexibility index (Phi) is 6.01. The first-order valence-electron chi connectivity index (χ1n) is 6.90. The van der Waals surface area contributed by atoms with Crippen molar-refractivity contribution in [3.63, 3.8) is 0 Å². The lowest BCUT2D eigenvalue weighted by molar-refractivity contribution is 0.298. The number of nitrogens with one attached hydrogen (secondary N) is 1. The number of ether oxygens (including phenoxy) is 1. The van der Waals surface area contributed by atoms with Crippen LogP contribution >= 0.6 is 46.5 Å². The van der Waals surface area contributed by atoms with Crippen LogP contribution in [-0.4, -0.2) is 4.98 Å². The van der Waals surface area contributed by atoms with Crippen molar-refractivity contribution in [3.8, 4) is 5.75 Å². The van der Waals surface area contributed by atoms with Gasteiger partial charge in [-0.05, 0) is 36.2 Å². The summed E-state index contributed by atoms with van der Waals surface area (Å²) in [5.41, 5.74) is 1.92. The number of hydrogen-bond donors (Lipinski definition) is 1. The molecule has 3 rings (SSSR count). The number of aromatic nitrogens is 1. The second kappa shape index (κ2) is 8.23. The van der Waals surface area contributed by atoms with E-state index < -0.39 is 11.6 Å². The standard InChI is InChI=1S/C16H10Cl2F2N2OS2/c17-10-1-2-12(19)9(3-10)6-23-14-5-13(20)15(4-11(14)18)25-22-16-7-24-8-21-16/h1-5,7-8,22H,6H2. The topological polar surface area (TPSA) is 34.1 Å². The SMILES string of the molecule is Fc1ccc(Cl)cc1COc1cc(F)c(SNc2cscn2)cc1Cl. The molecule has 1 heterocycles. The number of hydrogen-bond acceptors (Lipinski definition) is 5. The zero-order valence-corrected chi connectivity index (χ0v) is 15.6. The van der Waals surface area contributed by atoms with E-state index in [1.54, 1.807) is 10.9 Å². The second-order valence-electron chi connectivity index (χ2n) is 4.82. The van der Waals surface area contributed by atoms with Crippen LogP contribution in [0, 0.1) is 11.6 Å². The minimum absolute atomic E-state index is 0.116. The van der Waals surface area contributed by atoms with Crippen LogP contribution in [-0.2, 0) is 6.61 Å². The molecule has 0 aliphatic rings. The highest BCUT2D eigenvalue weighted by molar-refractivity contribution is 8.00. The van der Waals surface area contributed by atoms with E-state index >= 15 is 0 Å². The number of halogens is 4. The van der Waals surface area contributed by atoms with E-state index in [1.807, 2.05) is 0 Å². The Balaban J connectivity index is 1.70. The first kappa shape index (κ1) is 18.3. The molecule has 0 spiro atoms. The van der Waals surface area contributed by atoms with Gasteiger partial charge in [-0.1, -0.05) is 23.2 Å². The monoisotopic (exact) mass is 418 g/mol. The summed E-state index contributed by atoms with van der Waals surface area (Å²) < 4.78 is 36.3. The van der Waals surface area contributed by atoms with Gasteiger partial charge in [-0.2, -0.15) is 0 Å². The van der Waals surface area contributed by atoms with Crippen molar-refractivity contribution < 1.29 is 13.5 Å². The van der Waals surface area contributed by atoms with Crippen molar-refractivity contribution in [3.05, 3.63) is 68.5 Å². The average Bonchev–Trinajstić information content (AvgIpc) is 3.10. The van der Waals surface area contributed by atoms with Gasteiger partial charge in [0.1, 0.15) is 29.8 Å². The molecule has 0 aliphatic carbocycles. The molecule has 0 saturated carbocycles. The quantitative estimate of drug-likeness (QED) is 0.467. The van der Waals surface area contributed by atoms with Gasteiger partial charge in [0.25, 0.3) is 0 Å². The molecule has 0 unspecified atom stereocenters. The number of rotatable bonds is 6.